The van der Waals surface area contributed by atoms with Gasteiger partial charge in [-0.25, -0.2) is 4.98 Å². The lowest BCUT2D eigenvalue weighted by Gasteiger charge is -2.05. The van der Waals surface area contributed by atoms with Gasteiger partial charge in [0.15, 0.2) is 0 Å². The van der Waals surface area contributed by atoms with Gasteiger partial charge >= 0.3 is 0 Å². The third kappa shape index (κ3) is 3.15. The minimum atomic E-state index is 0.0749. The number of hydrogen-bond acceptors (Lipinski definition) is 3. The number of aromatic nitrogens is 1. The average Bonchev–Trinajstić information content (AvgIpc) is 2.78. The quantitative estimate of drug-likeness (QED) is 0.910. The summed E-state index contributed by atoms with van der Waals surface area (Å²) in [7, 11) is 0. The lowest BCUT2D eigenvalue weighted by Crippen LogP contribution is -2.09. The van der Waals surface area contributed by atoms with Crippen molar-refractivity contribution in [3.63, 3.8) is 0 Å². The van der Waals surface area contributed by atoms with E-state index in [-0.39, 0.29) is 6.04 Å². The predicted molar refractivity (Wildman–Crippen MR) is 77.1 cm³/mol. The van der Waals surface area contributed by atoms with Crippen LogP contribution in [-0.2, 0) is 0 Å². The summed E-state index contributed by atoms with van der Waals surface area (Å²) in [5.41, 5.74) is 8.21. The fourth-order valence-electron chi connectivity index (χ4n) is 1.67. The van der Waals surface area contributed by atoms with Crippen molar-refractivity contribution in [2.45, 2.75) is 25.8 Å². The third-order valence-electron chi connectivity index (χ3n) is 2.56. The van der Waals surface area contributed by atoms with Gasteiger partial charge in [0, 0.05) is 15.4 Å². The first kappa shape index (κ1) is 12.7. The van der Waals surface area contributed by atoms with Gasteiger partial charge < -0.3 is 5.73 Å². The summed E-state index contributed by atoms with van der Waals surface area (Å²) in [5.74, 6) is 0. The van der Waals surface area contributed by atoms with Crippen molar-refractivity contribution in [3.8, 4) is 11.3 Å². The summed E-state index contributed by atoms with van der Waals surface area (Å²) in [6, 6.07) is 8.24. The highest BCUT2D eigenvalue weighted by atomic mass is 79.9. The standard InChI is InChI=1S/C13H15BrN2S/c1-2-4-11(15)13-16-12(8-17-13)9-5-3-6-10(14)7-9/h3,5-8,11H,2,4,15H2,1H3. The van der Waals surface area contributed by atoms with Crippen LogP contribution in [0.4, 0.5) is 0 Å². The summed E-state index contributed by atoms with van der Waals surface area (Å²) in [5, 5.41) is 3.11. The lowest BCUT2D eigenvalue weighted by molar-refractivity contribution is 0.635. The zero-order chi connectivity index (χ0) is 12.3. The van der Waals surface area contributed by atoms with Crippen LogP contribution in [0.3, 0.4) is 0 Å². The second-order valence-corrected chi connectivity index (χ2v) is 5.78. The van der Waals surface area contributed by atoms with Gasteiger partial charge in [-0.15, -0.1) is 11.3 Å². The molecule has 1 heterocycles. The molecule has 0 saturated carbocycles. The first-order chi connectivity index (χ1) is 8.20. The molecule has 1 atom stereocenters. The molecule has 2 N–H and O–H groups in total. The van der Waals surface area contributed by atoms with Crippen LogP contribution in [0.1, 0.15) is 30.8 Å². The van der Waals surface area contributed by atoms with Crippen molar-refractivity contribution in [1.29, 1.82) is 0 Å². The summed E-state index contributed by atoms with van der Waals surface area (Å²) in [6.07, 6.45) is 2.08. The van der Waals surface area contributed by atoms with E-state index in [9.17, 15) is 0 Å². The molecule has 0 aliphatic heterocycles. The second-order valence-electron chi connectivity index (χ2n) is 3.98. The Balaban J connectivity index is 2.23. The summed E-state index contributed by atoms with van der Waals surface area (Å²) < 4.78 is 1.07. The normalized spacial score (nSPS) is 12.6. The van der Waals surface area contributed by atoms with Crippen molar-refractivity contribution >= 4 is 27.3 Å². The molecule has 0 aliphatic rings. The van der Waals surface area contributed by atoms with E-state index in [1.807, 2.05) is 12.1 Å². The highest BCUT2D eigenvalue weighted by Crippen LogP contribution is 2.27. The van der Waals surface area contributed by atoms with Crippen molar-refractivity contribution in [1.82, 2.24) is 4.98 Å². The molecular formula is C13H15BrN2S. The van der Waals surface area contributed by atoms with Crippen LogP contribution in [0, 0.1) is 0 Å². The van der Waals surface area contributed by atoms with E-state index in [1.54, 1.807) is 11.3 Å². The Labute approximate surface area is 114 Å². The lowest BCUT2D eigenvalue weighted by atomic mass is 10.1. The molecule has 4 heteroatoms. The summed E-state index contributed by atoms with van der Waals surface area (Å²) in [6.45, 7) is 2.14. The Bertz CT molecular complexity index is 496. The number of halogens is 1. The van der Waals surface area contributed by atoms with Crippen molar-refractivity contribution in [3.05, 3.63) is 39.1 Å². The first-order valence-electron chi connectivity index (χ1n) is 5.67. The fraction of sp³-hybridized carbons (Fsp3) is 0.308. The molecule has 17 heavy (non-hydrogen) atoms. The highest BCUT2D eigenvalue weighted by Gasteiger charge is 2.11. The maximum absolute atomic E-state index is 6.07. The second kappa shape index (κ2) is 5.76. The Morgan fingerprint density at radius 2 is 2.29 bits per heavy atom. The molecule has 0 bridgehead atoms. The van der Waals surface area contributed by atoms with Crippen LogP contribution in [0.5, 0.6) is 0 Å². The van der Waals surface area contributed by atoms with Gasteiger partial charge in [-0.05, 0) is 18.6 Å². The Hall–Kier alpha value is -0.710. The monoisotopic (exact) mass is 310 g/mol. The summed E-state index contributed by atoms with van der Waals surface area (Å²) in [4.78, 5) is 4.61. The van der Waals surface area contributed by atoms with Crippen molar-refractivity contribution in [2.75, 3.05) is 0 Å². The fourth-order valence-corrected chi connectivity index (χ4v) is 2.94. The van der Waals surface area contributed by atoms with Crippen LogP contribution in [-0.4, -0.2) is 4.98 Å². The van der Waals surface area contributed by atoms with Gasteiger partial charge in [-0.3, -0.25) is 0 Å². The van der Waals surface area contributed by atoms with Crippen molar-refractivity contribution < 1.29 is 0 Å². The number of nitrogens with two attached hydrogens (primary N) is 1. The molecule has 1 aromatic heterocycles. The number of thiazole rings is 1. The number of benzene rings is 1. The van der Waals surface area contributed by atoms with Crippen LogP contribution in [0.15, 0.2) is 34.1 Å². The van der Waals surface area contributed by atoms with Gasteiger partial charge in [-0.1, -0.05) is 41.4 Å². The van der Waals surface area contributed by atoms with E-state index in [0.717, 1.165) is 33.6 Å². The maximum Gasteiger partial charge on any atom is 0.110 e. The smallest absolute Gasteiger partial charge is 0.110 e. The maximum atomic E-state index is 6.07. The Kier molecular flexibility index (Phi) is 4.31. The van der Waals surface area contributed by atoms with E-state index in [0.29, 0.717) is 0 Å². The van der Waals surface area contributed by atoms with Gasteiger partial charge in [0.2, 0.25) is 0 Å². The number of hydrogen-bond donors (Lipinski definition) is 1. The first-order valence-corrected chi connectivity index (χ1v) is 7.35. The minimum Gasteiger partial charge on any atom is -0.322 e. The predicted octanol–water partition coefficient (Wildman–Crippen LogP) is 4.37. The molecule has 2 nitrogen and oxygen atoms in total. The molecule has 2 rings (SSSR count). The number of rotatable bonds is 4. The largest absolute Gasteiger partial charge is 0.322 e. The SMILES string of the molecule is CCCC(N)c1nc(-c2cccc(Br)c2)cs1. The van der Waals surface area contributed by atoms with Gasteiger partial charge in [0.25, 0.3) is 0 Å². The molecule has 2 aromatic rings. The van der Waals surface area contributed by atoms with E-state index in [2.05, 4.69) is 45.4 Å². The molecule has 0 fully saturated rings. The van der Waals surface area contributed by atoms with Crippen LogP contribution in [0.25, 0.3) is 11.3 Å². The Morgan fingerprint density at radius 3 is 3.00 bits per heavy atom. The Morgan fingerprint density at radius 1 is 1.47 bits per heavy atom. The summed E-state index contributed by atoms with van der Waals surface area (Å²) >= 11 is 5.12. The zero-order valence-corrected chi connectivity index (χ0v) is 12.1. The molecule has 1 aromatic carbocycles. The molecular weight excluding hydrogens is 296 g/mol. The van der Waals surface area contributed by atoms with Gasteiger partial charge in [-0.2, -0.15) is 0 Å². The molecule has 0 saturated heterocycles. The van der Waals surface area contributed by atoms with E-state index >= 15 is 0 Å². The van der Waals surface area contributed by atoms with Crippen LogP contribution < -0.4 is 5.73 Å². The topological polar surface area (TPSA) is 38.9 Å². The van der Waals surface area contributed by atoms with Crippen LogP contribution in [0.2, 0.25) is 0 Å². The van der Waals surface area contributed by atoms with Gasteiger partial charge in [0.1, 0.15) is 5.01 Å². The van der Waals surface area contributed by atoms with E-state index in [4.69, 9.17) is 5.73 Å². The molecule has 0 spiro atoms. The zero-order valence-electron chi connectivity index (χ0n) is 9.69. The van der Waals surface area contributed by atoms with Gasteiger partial charge in [0.05, 0.1) is 11.7 Å². The van der Waals surface area contributed by atoms with Crippen molar-refractivity contribution in [2.24, 2.45) is 5.73 Å². The van der Waals surface area contributed by atoms with Crippen LogP contribution >= 0.6 is 27.3 Å². The van der Waals surface area contributed by atoms with E-state index in [1.165, 1.54) is 0 Å². The number of nitrogens with zero attached hydrogens (tertiary/aromatic N) is 1. The molecule has 0 radical (unpaired) electrons. The molecule has 0 aliphatic carbocycles. The molecule has 0 amide bonds. The highest BCUT2D eigenvalue weighted by molar-refractivity contribution is 9.10. The minimum absolute atomic E-state index is 0.0749. The third-order valence-corrected chi connectivity index (χ3v) is 4.03. The van der Waals surface area contributed by atoms with E-state index < -0.39 is 0 Å². The molecule has 90 valence electrons. The molecule has 1 unspecified atom stereocenters. The average molecular weight is 311 g/mol.